The summed E-state index contributed by atoms with van der Waals surface area (Å²) < 4.78 is 2.05. The molecule has 0 atom stereocenters. The first-order valence-electron chi connectivity index (χ1n) is 5.16. The summed E-state index contributed by atoms with van der Waals surface area (Å²) in [6.45, 7) is 6.83. The van der Waals surface area contributed by atoms with E-state index in [-0.39, 0.29) is 11.8 Å². The topological polar surface area (TPSA) is 55.1 Å². The zero-order valence-electron chi connectivity index (χ0n) is 9.53. The number of nitrogens with zero attached hydrogens (tertiary/aromatic N) is 2. The molecule has 0 aliphatic rings. The second-order valence-electron chi connectivity index (χ2n) is 4.54. The van der Waals surface area contributed by atoms with Crippen molar-refractivity contribution in [1.29, 1.82) is 0 Å². The number of rotatable bonds is 5. The number of aryl methyl sites for hydroxylation is 1. The first-order chi connectivity index (χ1) is 6.94. The Hall–Kier alpha value is -1.32. The Labute approximate surface area is 89.9 Å². The summed E-state index contributed by atoms with van der Waals surface area (Å²) in [7, 11) is 0. The summed E-state index contributed by atoms with van der Waals surface area (Å²) >= 11 is 0. The maximum atomic E-state index is 10.7. The van der Waals surface area contributed by atoms with Crippen molar-refractivity contribution in [2.45, 2.75) is 40.2 Å². The molecule has 0 spiro atoms. The van der Waals surface area contributed by atoms with Crippen LogP contribution in [0.2, 0.25) is 0 Å². The monoisotopic (exact) mass is 210 g/mol. The molecule has 0 aliphatic heterocycles. The predicted molar refractivity (Wildman–Crippen MR) is 57.6 cm³/mol. The molecule has 0 unspecified atom stereocenters. The van der Waals surface area contributed by atoms with E-state index in [0.29, 0.717) is 6.42 Å². The van der Waals surface area contributed by atoms with Gasteiger partial charge in [-0.15, -0.1) is 0 Å². The Kier molecular flexibility index (Phi) is 3.50. The number of aliphatic carboxylic acids is 1. The van der Waals surface area contributed by atoms with Crippen LogP contribution in [0.4, 0.5) is 0 Å². The molecule has 1 N–H and O–H groups in total. The first kappa shape index (κ1) is 11.8. The molecule has 0 radical (unpaired) electrons. The van der Waals surface area contributed by atoms with Gasteiger partial charge in [0.15, 0.2) is 0 Å². The minimum absolute atomic E-state index is 0.170. The smallest absolute Gasteiger partial charge is 0.303 e. The van der Waals surface area contributed by atoms with Crippen LogP contribution in [-0.2, 0) is 17.8 Å². The molecule has 0 fully saturated rings. The van der Waals surface area contributed by atoms with Gasteiger partial charge in [0.05, 0.1) is 6.42 Å². The molecule has 0 saturated heterocycles. The summed E-state index contributed by atoms with van der Waals surface area (Å²) in [6, 6.07) is 0. The minimum atomic E-state index is -0.755. The molecule has 0 amide bonds. The second kappa shape index (κ2) is 4.47. The van der Waals surface area contributed by atoms with Crippen LogP contribution in [0.25, 0.3) is 0 Å². The summed E-state index contributed by atoms with van der Waals surface area (Å²) in [5.41, 5.74) is -0.246. The van der Waals surface area contributed by atoms with Crippen LogP contribution >= 0.6 is 0 Å². The van der Waals surface area contributed by atoms with Crippen LogP contribution in [0.1, 0.15) is 33.0 Å². The van der Waals surface area contributed by atoms with E-state index in [2.05, 4.69) is 11.9 Å². The second-order valence-corrected chi connectivity index (χ2v) is 4.54. The van der Waals surface area contributed by atoms with Gasteiger partial charge in [-0.05, 0) is 12.3 Å². The van der Waals surface area contributed by atoms with E-state index in [4.69, 9.17) is 5.11 Å². The van der Waals surface area contributed by atoms with Crippen LogP contribution in [-0.4, -0.2) is 20.6 Å². The van der Waals surface area contributed by atoms with Gasteiger partial charge in [-0.25, -0.2) is 4.98 Å². The fraction of sp³-hybridized carbons (Fsp3) is 0.636. The normalized spacial score (nSPS) is 11.7. The van der Waals surface area contributed by atoms with Gasteiger partial charge in [0.1, 0.15) is 5.82 Å². The van der Waals surface area contributed by atoms with Gasteiger partial charge < -0.3 is 9.67 Å². The average molecular weight is 210 g/mol. The molecule has 1 heterocycles. The van der Waals surface area contributed by atoms with E-state index in [0.717, 1.165) is 12.4 Å². The molecular formula is C11H18N2O2. The molecule has 0 aromatic carbocycles. The van der Waals surface area contributed by atoms with E-state index in [1.165, 1.54) is 0 Å². The SMILES string of the molecule is CCn1ccnc1CC(C)(C)CC(=O)O. The van der Waals surface area contributed by atoms with Crippen LogP contribution in [0, 0.1) is 5.41 Å². The maximum Gasteiger partial charge on any atom is 0.303 e. The van der Waals surface area contributed by atoms with Gasteiger partial charge in [-0.2, -0.15) is 0 Å². The minimum Gasteiger partial charge on any atom is -0.481 e. The Morgan fingerprint density at radius 3 is 2.80 bits per heavy atom. The van der Waals surface area contributed by atoms with Gasteiger partial charge in [0.2, 0.25) is 0 Å². The van der Waals surface area contributed by atoms with Crippen molar-refractivity contribution in [1.82, 2.24) is 9.55 Å². The van der Waals surface area contributed by atoms with Crippen molar-refractivity contribution in [2.24, 2.45) is 5.41 Å². The highest BCUT2D eigenvalue weighted by Crippen LogP contribution is 2.25. The molecule has 1 aromatic heterocycles. The van der Waals surface area contributed by atoms with Crippen molar-refractivity contribution in [3.8, 4) is 0 Å². The molecule has 1 rings (SSSR count). The van der Waals surface area contributed by atoms with Gasteiger partial charge in [0.25, 0.3) is 0 Å². The number of carboxylic acid groups (broad SMARTS) is 1. The molecule has 4 heteroatoms. The van der Waals surface area contributed by atoms with Gasteiger partial charge >= 0.3 is 5.97 Å². The number of carbonyl (C=O) groups is 1. The highest BCUT2D eigenvalue weighted by atomic mass is 16.4. The quantitative estimate of drug-likeness (QED) is 0.808. The van der Waals surface area contributed by atoms with Crippen molar-refractivity contribution < 1.29 is 9.90 Å². The van der Waals surface area contributed by atoms with E-state index < -0.39 is 5.97 Å². The largest absolute Gasteiger partial charge is 0.481 e. The maximum absolute atomic E-state index is 10.7. The van der Waals surface area contributed by atoms with Crippen molar-refractivity contribution in [3.63, 3.8) is 0 Å². The van der Waals surface area contributed by atoms with Crippen LogP contribution in [0.5, 0.6) is 0 Å². The molecule has 84 valence electrons. The summed E-state index contributed by atoms with van der Waals surface area (Å²) in [5.74, 6) is 0.207. The third-order valence-electron chi connectivity index (χ3n) is 2.41. The molecule has 4 nitrogen and oxygen atoms in total. The van der Waals surface area contributed by atoms with Crippen LogP contribution in [0.3, 0.4) is 0 Å². The van der Waals surface area contributed by atoms with Crippen LogP contribution < -0.4 is 0 Å². The lowest BCUT2D eigenvalue weighted by Crippen LogP contribution is -2.21. The summed E-state index contributed by atoms with van der Waals surface area (Å²) in [6.07, 6.45) is 4.55. The Bertz CT molecular complexity index is 342. The molecule has 0 aliphatic carbocycles. The Morgan fingerprint density at radius 2 is 2.27 bits per heavy atom. The first-order valence-corrected chi connectivity index (χ1v) is 5.16. The molecular weight excluding hydrogens is 192 g/mol. The standard InChI is InChI=1S/C11H18N2O2/c1-4-13-6-5-12-9(13)7-11(2,3)8-10(14)15/h5-6H,4,7-8H2,1-3H3,(H,14,15). The third kappa shape index (κ3) is 3.38. The van der Waals surface area contributed by atoms with Crippen molar-refractivity contribution >= 4 is 5.97 Å². The third-order valence-corrected chi connectivity index (χ3v) is 2.41. The summed E-state index contributed by atoms with van der Waals surface area (Å²) in [4.78, 5) is 14.9. The van der Waals surface area contributed by atoms with E-state index in [1.807, 2.05) is 24.6 Å². The number of hydrogen-bond acceptors (Lipinski definition) is 2. The van der Waals surface area contributed by atoms with E-state index in [9.17, 15) is 4.79 Å². The molecule has 0 bridgehead atoms. The zero-order valence-corrected chi connectivity index (χ0v) is 9.53. The van der Waals surface area contributed by atoms with Gasteiger partial charge in [-0.3, -0.25) is 4.79 Å². The summed E-state index contributed by atoms with van der Waals surface area (Å²) in [5, 5.41) is 8.78. The molecule has 15 heavy (non-hydrogen) atoms. The highest BCUT2D eigenvalue weighted by Gasteiger charge is 2.24. The Morgan fingerprint density at radius 1 is 1.60 bits per heavy atom. The van der Waals surface area contributed by atoms with Crippen molar-refractivity contribution in [2.75, 3.05) is 0 Å². The van der Waals surface area contributed by atoms with E-state index in [1.54, 1.807) is 6.20 Å². The molecule has 1 aromatic rings. The van der Waals surface area contributed by atoms with E-state index >= 15 is 0 Å². The number of hydrogen-bond donors (Lipinski definition) is 1. The van der Waals surface area contributed by atoms with Crippen molar-refractivity contribution in [3.05, 3.63) is 18.2 Å². The van der Waals surface area contributed by atoms with Crippen LogP contribution in [0.15, 0.2) is 12.4 Å². The Balaban J connectivity index is 2.72. The lowest BCUT2D eigenvalue weighted by Gasteiger charge is -2.22. The zero-order chi connectivity index (χ0) is 11.5. The predicted octanol–water partition coefficient (Wildman–Crippen LogP) is 1.95. The van der Waals surface area contributed by atoms with Gasteiger partial charge in [0, 0.05) is 25.4 Å². The molecule has 0 saturated carbocycles. The fourth-order valence-corrected chi connectivity index (χ4v) is 1.70. The fourth-order valence-electron chi connectivity index (χ4n) is 1.70. The number of aromatic nitrogens is 2. The lowest BCUT2D eigenvalue weighted by molar-refractivity contribution is -0.139. The van der Waals surface area contributed by atoms with Gasteiger partial charge in [-0.1, -0.05) is 13.8 Å². The number of carboxylic acids is 1. The number of imidazole rings is 1. The average Bonchev–Trinajstić information content (AvgIpc) is 2.48. The highest BCUT2D eigenvalue weighted by molar-refractivity contribution is 5.67. The lowest BCUT2D eigenvalue weighted by atomic mass is 9.85.